The van der Waals surface area contributed by atoms with Gasteiger partial charge in [-0.15, -0.1) is 0 Å². The summed E-state index contributed by atoms with van der Waals surface area (Å²) < 4.78 is 16.2. The maximum atomic E-state index is 13.6. The Labute approximate surface area is 341 Å². The summed E-state index contributed by atoms with van der Waals surface area (Å²) in [4.78, 5) is 62.6. The number of nitrogens with one attached hydrogen (secondary N) is 4. The van der Waals surface area contributed by atoms with E-state index in [9.17, 15) is 19.2 Å². The Hall–Kier alpha value is -5.68. The van der Waals surface area contributed by atoms with E-state index in [0.29, 0.717) is 28.7 Å². The molecular weight excluding hydrogens is 739 g/mol. The number of fused-ring (bicyclic) bond motifs is 1. The maximum absolute atomic E-state index is 13.6. The molecule has 1 aromatic heterocycles. The van der Waals surface area contributed by atoms with Gasteiger partial charge in [0.15, 0.2) is 0 Å². The molecule has 14 nitrogen and oxygen atoms in total. The monoisotopic (exact) mass is 795 g/mol. The fourth-order valence-electron chi connectivity index (χ4n) is 7.17. The minimum absolute atomic E-state index is 0.0613. The first kappa shape index (κ1) is 43.4. The number of alkyl carbamates (subject to hydrolysis) is 1. The molecule has 0 spiro atoms. The molecule has 2 fully saturated rings. The Bertz CT molecular complexity index is 1980. The van der Waals surface area contributed by atoms with Crippen LogP contribution >= 0.6 is 0 Å². The third-order valence-corrected chi connectivity index (χ3v) is 9.72. The van der Waals surface area contributed by atoms with Gasteiger partial charge < -0.3 is 35.1 Å². The lowest BCUT2D eigenvalue weighted by atomic mass is 9.84. The topological polar surface area (TPSA) is 173 Å². The van der Waals surface area contributed by atoms with Crippen LogP contribution in [0.4, 0.5) is 21.1 Å². The molecule has 1 saturated heterocycles. The molecule has 1 saturated carbocycles. The first-order chi connectivity index (χ1) is 27.5. The number of benzene rings is 2. The van der Waals surface area contributed by atoms with Gasteiger partial charge in [-0.2, -0.15) is 0 Å². The minimum atomic E-state index is -0.600. The van der Waals surface area contributed by atoms with Crippen LogP contribution in [-0.4, -0.2) is 84.1 Å². The molecule has 2 aromatic carbocycles. The van der Waals surface area contributed by atoms with Crippen LogP contribution in [0.1, 0.15) is 108 Å². The van der Waals surface area contributed by atoms with Crippen molar-refractivity contribution in [2.24, 2.45) is 5.92 Å². The molecule has 58 heavy (non-hydrogen) atoms. The molecule has 1 unspecified atom stereocenters. The molecular formula is C44H57N7O7. The number of anilines is 2. The molecule has 4 N–H and O–H groups in total. The maximum Gasteiger partial charge on any atom is 0.412 e. The zero-order chi connectivity index (χ0) is 42.0. The van der Waals surface area contributed by atoms with E-state index in [0.717, 1.165) is 43.2 Å². The zero-order valence-electron chi connectivity index (χ0n) is 34.9. The number of carbonyl (C=O) groups excluding carboxylic acids is 4. The largest absolute Gasteiger partial charge is 0.444 e. The van der Waals surface area contributed by atoms with Gasteiger partial charge in [0.1, 0.15) is 29.7 Å². The van der Waals surface area contributed by atoms with Crippen molar-refractivity contribution in [3.63, 3.8) is 0 Å². The van der Waals surface area contributed by atoms with Crippen LogP contribution in [0, 0.1) is 17.8 Å². The van der Waals surface area contributed by atoms with Gasteiger partial charge in [-0.25, -0.2) is 19.6 Å². The van der Waals surface area contributed by atoms with E-state index in [1.807, 2.05) is 37.3 Å². The molecule has 5 rings (SSSR count). The lowest BCUT2D eigenvalue weighted by molar-refractivity contribution is -0.121. The highest BCUT2D eigenvalue weighted by Gasteiger charge is 2.45. The second-order valence-corrected chi connectivity index (χ2v) is 16.6. The number of rotatable bonds is 11. The molecule has 14 heteroatoms. The van der Waals surface area contributed by atoms with Crippen molar-refractivity contribution in [1.82, 2.24) is 25.9 Å². The Morgan fingerprint density at radius 3 is 2.17 bits per heavy atom. The van der Waals surface area contributed by atoms with E-state index in [1.54, 1.807) is 72.9 Å². The predicted molar refractivity (Wildman–Crippen MR) is 222 cm³/mol. The number of amides is 4. The number of hydrogen-bond donors (Lipinski definition) is 4. The lowest BCUT2D eigenvalue weighted by Crippen LogP contribution is -2.46. The summed E-state index contributed by atoms with van der Waals surface area (Å²) in [6.45, 7) is 13.2. The van der Waals surface area contributed by atoms with Gasteiger partial charge in [-0.3, -0.25) is 14.9 Å². The van der Waals surface area contributed by atoms with Gasteiger partial charge in [-0.1, -0.05) is 43.0 Å². The SMILES string of the molecule is CNC(=O)[C@@H]1C[C@@H]2CCCC[C@@H]2N1c1cc(C(C)NC(=O)c2ccc(-c3ccc(NC(=O)OC(C)(C)C)cc3)cc2)nc(C#CCOCCNC(=O)OC(C)(C)C)n1. The number of hydrogen-bond acceptors (Lipinski definition) is 10. The summed E-state index contributed by atoms with van der Waals surface area (Å²) >= 11 is 0. The van der Waals surface area contributed by atoms with Crippen molar-refractivity contribution in [2.45, 2.75) is 110 Å². The van der Waals surface area contributed by atoms with Crippen LogP contribution in [0.15, 0.2) is 54.6 Å². The zero-order valence-corrected chi connectivity index (χ0v) is 34.9. The van der Waals surface area contributed by atoms with Gasteiger partial charge in [-0.05, 0) is 115 Å². The molecule has 1 aliphatic heterocycles. The van der Waals surface area contributed by atoms with Gasteiger partial charge in [0, 0.05) is 37.0 Å². The van der Waals surface area contributed by atoms with E-state index in [4.69, 9.17) is 24.2 Å². The van der Waals surface area contributed by atoms with E-state index in [1.165, 1.54) is 0 Å². The molecule has 2 aliphatic rings. The van der Waals surface area contributed by atoms with Crippen molar-refractivity contribution < 1.29 is 33.4 Å². The highest BCUT2D eigenvalue weighted by molar-refractivity contribution is 5.95. The van der Waals surface area contributed by atoms with Gasteiger partial charge in [0.05, 0.1) is 18.3 Å². The van der Waals surface area contributed by atoms with Crippen molar-refractivity contribution in [2.75, 3.05) is 37.0 Å². The van der Waals surface area contributed by atoms with Gasteiger partial charge >= 0.3 is 12.2 Å². The van der Waals surface area contributed by atoms with E-state index in [2.05, 4.69) is 38.0 Å². The fourth-order valence-corrected chi connectivity index (χ4v) is 7.17. The van der Waals surface area contributed by atoms with Crippen molar-refractivity contribution >= 4 is 35.5 Å². The average Bonchev–Trinajstić information content (AvgIpc) is 3.56. The van der Waals surface area contributed by atoms with Crippen LogP contribution < -0.4 is 26.2 Å². The van der Waals surface area contributed by atoms with Gasteiger partial charge in [0.25, 0.3) is 5.91 Å². The van der Waals surface area contributed by atoms with E-state index in [-0.39, 0.29) is 49.5 Å². The molecule has 0 bridgehead atoms. The Kier molecular flexibility index (Phi) is 14.4. The van der Waals surface area contributed by atoms with Crippen LogP contribution in [0.3, 0.4) is 0 Å². The minimum Gasteiger partial charge on any atom is -0.444 e. The number of carbonyl (C=O) groups is 4. The summed E-state index contributed by atoms with van der Waals surface area (Å²) in [7, 11) is 1.65. The van der Waals surface area contributed by atoms with E-state index >= 15 is 0 Å². The summed E-state index contributed by atoms with van der Waals surface area (Å²) in [6.07, 6.45) is 3.92. The predicted octanol–water partition coefficient (Wildman–Crippen LogP) is 6.76. The third kappa shape index (κ3) is 12.4. The van der Waals surface area contributed by atoms with Crippen molar-refractivity contribution in [1.29, 1.82) is 0 Å². The smallest absolute Gasteiger partial charge is 0.412 e. The molecule has 1 aliphatic carbocycles. The first-order valence-electron chi connectivity index (χ1n) is 19.9. The number of likely N-dealkylation sites (N-methyl/N-ethyl adjacent to an activating group) is 1. The van der Waals surface area contributed by atoms with Crippen LogP contribution in [0.25, 0.3) is 11.1 Å². The van der Waals surface area contributed by atoms with Crippen molar-refractivity contribution in [3.05, 3.63) is 71.7 Å². The van der Waals surface area contributed by atoms with E-state index < -0.39 is 29.4 Å². The second kappa shape index (κ2) is 19.2. The Morgan fingerprint density at radius 1 is 0.879 bits per heavy atom. The Balaban J connectivity index is 1.29. The highest BCUT2D eigenvalue weighted by atomic mass is 16.6. The van der Waals surface area contributed by atoms with Crippen LogP contribution in [0.5, 0.6) is 0 Å². The number of nitrogens with zero attached hydrogens (tertiary/aromatic N) is 3. The average molecular weight is 796 g/mol. The summed E-state index contributed by atoms with van der Waals surface area (Å²) in [6, 6.07) is 15.7. The van der Waals surface area contributed by atoms with Crippen LogP contribution in [0.2, 0.25) is 0 Å². The molecule has 0 radical (unpaired) electrons. The summed E-state index contributed by atoms with van der Waals surface area (Å²) in [5, 5.41) is 11.3. The Morgan fingerprint density at radius 2 is 1.52 bits per heavy atom. The molecule has 4 atom stereocenters. The second-order valence-electron chi connectivity index (χ2n) is 16.6. The highest BCUT2D eigenvalue weighted by Crippen LogP contribution is 2.42. The summed E-state index contributed by atoms with van der Waals surface area (Å²) in [5.41, 5.74) is 2.25. The molecule has 310 valence electrons. The molecule has 4 amide bonds. The summed E-state index contributed by atoms with van der Waals surface area (Å²) in [5.74, 6) is 6.85. The first-order valence-corrected chi connectivity index (χ1v) is 19.9. The number of ether oxygens (including phenoxy) is 3. The fraction of sp³-hybridized carbons (Fsp3) is 0.500. The van der Waals surface area contributed by atoms with Crippen molar-refractivity contribution in [3.8, 4) is 23.0 Å². The molecule has 2 heterocycles. The molecule has 3 aromatic rings. The lowest BCUT2D eigenvalue weighted by Gasteiger charge is -2.34. The van der Waals surface area contributed by atoms with Gasteiger partial charge in [0.2, 0.25) is 11.7 Å². The number of aromatic nitrogens is 2. The third-order valence-electron chi connectivity index (χ3n) is 9.72. The quantitative estimate of drug-likeness (QED) is 0.120. The van der Waals surface area contributed by atoms with Crippen LogP contribution in [-0.2, 0) is 19.0 Å². The normalized spacial score (nSPS) is 18.1. The standard InChI is InChI=1S/C44H57N7O7/c1-28(47-39(52)31-17-15-29(16-18-31)30-19-21-33(22-20-30)48-42(55)58-44(5,6)7)34-27-38(51-35-13-10-9-12-32(35)26-36(51)40(53)45-8)50-37(49-34)14-11-24-56-25-23-46-41(54)57-43(2,3)4/h15-22,27-28,32,35-36H,9-10,12-13,23-26H2,1-8H3,(H,45,53)(H,46,54)(H,47,52)(H,48,55)/t28?,32-,35-,36-/m0/s1.